The fourth-order valence-corrected chi connectivity index (χ4v) is 0.973. The molecule has 0 unspecified atom stereocenters. The summed E-state index contributed by atoms with van der Waals surface area (Å²) < 4.78 is 0. The molecule has 1 aliphatic carbocycles. The molecule has 0 atom stereocenters. The number of hydrogen-bond acceptors (Lipinski definition) is 3. The molecule has 0 amide bonds. The van der Waals surface area contributed by atoms with Gasteiger partial charge in [0.1, 0.15) is 6.29 Å². The fourth-order valence-electron chi connectivity index (χ4n) is 0.973. The van der Waals surface area contributed by atoms with Crippen molar-refractivity contribution in [3.63, 3.8) is 0 Å². The van der Waals surface area contributed by atoms with Gasteiger partial charge in [-0.15, -0.1) is 0 Å². The van der Waals surface area contributed by atoms with Crippen molar-refractivity contribution in [2.24, 2.45) is 5.73 Å². The van der Waals surface area contributed by atoms with Gasteiger partial charge in [0.2, 0.25) is 0 Å². The molecule has 0 saturated heterocycles. The third kappa shape index (κ3) is 6.54. The van der Waals surface area contributed by atoms with E-state index in [4.69, 9.17) is 10.5 Å². The summed E-state index contributed by atoms with van der Waals surface area (Å²) in [6.07, 6.45) is 13.3. The van der Waals surface area contributed by atoms with Crippen molar-refractivity contribution < 1.29 is 9.59 Å². The Morgan fingerprint density at radius 2 is 2.06 bits per heavy atom. The van der Waals surface area contributed by atoms with E-state index >= 15 is 0 Å². The van der Waals surface area contributed by atoms with Crippen LogP contribution in [0.15, 0.2) is 47.7 Å². The summed E-state index contributed by atoms with van der Waals surface area (Å²) >= 11 is 0. The lowest BCUT2D eigenvalue weighted by Crippen LogP contribution is -2.06. The molecule has 0 fully saturated rings. The molecule has 0 saturated carbocycles. The van der Waals surface area contributed by atoms with Gasteiger partial charge in [0.25, 0.3) is 0 Å². The van der Waals surface area contributed by atoms with Crippen LogP contribution in [0.5, 0.6) is 0 Å². The first-order valence-electron chi connectivity index (χ1n) is 5.03. The van der Waals surface area contributed by atoms with Gasteiger partial charge in [-0.3, -0.25) is 4.79 Å². The average Bonchev–Trinajstić information content (AvgIpc) is 2.47. The van der Waals surface area contributed by atoms with Gasteiger partial charge in [0.15, 0.2) is 5.78 Å². The Kier molecular flexibility index (Phi) is 7.41. The van der Waals surface area contributed by atoms with Crippen LogP contribution in [0.2, 0.25) is 0 Å². The standard InChI is InChI=1S/C11H13NO.C2H4O/c1-9(13)11(12)8-10-6-4-2-3-5-7-10;1-2-3/h2,4-8H,3,12H2,1H3;2H,1H3/b11-8-;. The van der Waals surface area contributed by atoms with Crippen LogP contribution in [-0.2, 0) is 9.59 Å². The molecule has 0 radical (unpaired) electrons. The summed E-state index contributed by atoms with van der Waals surface area (Å²) in [6.45, 7) is 2.91. The van der Waals surface area contributed by atoms with Gasteiger partial charge >= 0.3 is 0 Å². The van der Waals surface area contributed by atoms with Crippen LogP contribution in [0.4, 0.5) is 0 Å². The third-order valence-electron chi connectivity index (χ3n) is 1.74. The summed E-state index contributed by atoms with van der Waals surface area (Å²) in [5.74, 6) is -0.0949. The van der Waals surface area contributed by atoms with Crippen LogP contribution >= 0.6 is 0 Å². The first kappa shape index (κ1) is 14.1. The molecule has 1 rings (SSSR count). The lowest BCUT2D eigenvalue weighted by atomic mass is 10.2. The molecule has 0 spiro atoms. The van der Waals surface area contributed by atoms with Gasteiger partial charge in [-0.2, -0.15) is 0 Å². The van der Waals surface area contributed by atoms with E-state index < -0.39 is 0 Å². The molecule has 0 aromatic heterocycles. The van der Waals surface area contributed by atoms with E-state index in [0.717, 1.165) is 18.3 Å². The smallest absolute Gasteiger partial charge is 0.175 e. The molecule has 0 aromatic rings. The van der Waals surface area contributed by atoms with Gasteiger partial charge in [-0.05, 0) is 25.0 Å². The SMILES string of the molecule is CC(=O)/C(N)=C/C1=CC=CCC=C1.CC=O. The molecule has 16 heavy (non-hydrogen) atoms. The molecule has 86 valence electrons. The van der Waals surface area contributed by atoms with E-state index in [2.05, 4.69) is 0 Å². The second kappa shape index (κ2) is 8.41. The number of allylic oxidation sites excluding steroid dienone is 8. The van der Waals surface area contributed by atoms with Crippen molar-refractivity contribution in [2.45, 2.75) is 20.3 Å². The van der Waals surface area contributed by atoms with E-state index in [1.165, 1.54) is 13.8 Å². The highest BCUT2D eigenvalue weighted by Gasteiger charge is 1.97. The van der Waals surface area contributed by atoms with Crippen LogP contribution in [0.25, 0.3) is 0 Å². The molecule has 3 nitrogen and oxygen atoms in total. The highest BCUT2D eigenvalue weighted by atomic mass is 16.1. The lowest BCUT2D eigenvalue weighted by Gasteiger charge is -1.95. The molecular formula is C13H17NO2. The highest BCUT2D eigenvalue weighted by Crippen LogP contribution is 2.07. The Labute approximate surface area is 96.0 Å². The number of Topliss-reactive ketones (excluding diaryl/α,β-unsaturated/α-hetero) is 1. The zero-order valence-electron chi connectivity index (χ0n) is 9.64. The second-order valence-electron chi connectivity index (χ2n) is 3.12. The maximum absolute atomic E-state index is 10.8. The summed E-state index contributed by atoms with van der Waals surface area (Å²) in [5.41, 5.74) is 6.77. The van der Waals surface area contributed by atoms with Gasteiger partial charge in [-0.1, -0.05) is 30.4 Å². The van der Waals surface area contributed by atoms with Crippen LogP contribution in [0.3, 0.4) is 0 Å². The minimum atomic E-state index is -0.0949. The number of carbonyl (C=O) groups excluding carboxylic acids is 2. The molecule has 2 N–H and O–H groups in total. The predicted molar refractivity (Wildman–Crippen MR) is 65.7 cm³/mol. The Morgan fingerprint density at radius 1 is 1.44 bits per heavy atom. The second-order valence-corrected chi connectivity index (χ2v) is 3.12. The van der Waals surface area contributed by atoms with Gasteiger partial charge in [0.05, 0.1) is 5.70 Å². The normalized spacial score (nSPS) is 14.4. The number of rotatable bonds is 2. The van der Waals surface area contributed by atoms with E-state index in [9.17, 15) is 4.79 Å². The van der Waals surface area contributed by atoms with Crippen molar-refractivity contribution in [2.75, 3.05) is 0 Å². The summed E-state index contributed by atoms with van der Waals surface area (Å²) in [7, 11) is 0. The van der Waals surface area contributed by atoms with E-state index in [0.29, 0.717) is 5.70 Å². The van der Waals surface area contributed by atoms with Crippen molar-refractivity contribution in [1.82, 2.24) is 0 Å². The number of ketones is 1. The fraction of sp³-hybridized carbons (Fsp3) is 0.231. The topological polar surface area (TPSA) is 60.2 Å². The molecular weight excluding hydrogens is 202 g/mol. The minimum absolute atomic E-state index is 0.0949. The predicted octanol–water partition coefficient (Wildman–Crippen LogP) is 2.07. The first-order chi connectivity index (χ1) is 7.61. The monoisotopic (exact) mass is 219 g/mol. The Morgan fingerprint density at radius 3 is 2.62 bits per heavy atom. The zero-order valence-corrected chi connectivity index (χ0v) is 9.64. The number of hydrogen-bond donors (Lipinski definition) is 1. The maximum Gasteiger partial charge on any atom is 0.175 e. The van der Waals surface area contributed by atoms with Gasteiger partial charge in [0, 0.05) is 6.92 Å². The lowest BCUT2D eigenvalue weighted by molar-refractivity contribution is -0.113. The van der Waals surface area contributed by atoms with Gasteiger partial charge in [-0.25, -0.2) is 0 Å². The van der Waals surface area contributed by atoms with E-state index in [1.54, 1.807) is 6.08 Å². The Bertz CT molecular complexity index is 360. The van der Waals surface area contributed by atoms with Crippen LogP contribution in [0, 0.1) is 0 Å². The quantitative estimate of drug-likeness (QED) is 0.571. The maximum atomic E-state index is 10.8. The summed E-state index contributed by atoms with van der Waals surface area (Å²) in [6, 6.07) is 0. The van der Waals surface area contributed by atoms with Crippen molar-refractivity contribution >= 4 is 12.1 Å². The number of carbonyl (C=O) groups is 2. The molecule has 0 bridgehead atoms. The molecule has 0 aromatic carbocycles. The largest absolute Gasteiger partial charge is 0.396 e. The van der Waals surface area contributed by atoms with E-state index in [-0.39, 0.29) is 5.78 Å². The van der Waals surface area contributed by atoms with Crippen LogP contribution in [0.1, 0.15) is 20.3 Å². The third-order valence-corrected chi connectivity index (χ3v) is 1.74. The molecule has 0 heterocycles. The van der Waals surface area contributed by atoms with E-state index in [1.807, 2.05) is 30.4 Å². The van der Waals surface area contributed by atoms with Crippen LogP contribution < -0.4 is 5.73 Å². The first-order valence-corrected chi connectivity index (χ1v) is 5.03. The Hall–Kier alpha value is -1.90. The molecule has 1 aliphatic rings. The summed E-state index contributed by atoms with van der Waals surface area (Å²) in [5, 5.41) is 0. The highest BCUT2D eigenvalue weighted by molar-refractivity contribution is 5.92. The van der Waals surface area contributed by atoms with Crippen molar-refractivity contribution in [1.29, 1.82) is 0 Å². The van der Waals surface area contributed by atoms with Crippen molar-refractivity contribution in [3.8, 4) is 0 Å². The summed E-state index contributed by atoms with van der Waals surface area (Å²) in [4.78, 5) is 19.6. The van der Waals surface area contributed by atoms with Crippen LogP contribution in [-0.4, -0.2) is 12.1 Å². The molecule has 3 heteroatoms. The van der Waals surface area contributed by atoms with Crippen molar-refractivity contribution in [3.05, 3.63) is 47.7 Å². The van der Waals surface area contributed by atoms with Gasteiger partial charge < -0.3 is 10.5 Å². The zero-order chi connectivity index (χ0) is 12.4. The molecule has 0 aliphatic heterocycles. The minimum Gasteiger partial charge on any atom is -0.396 e. The average molecular weight is 219 g/mol. The Balaban J connectivity index is 0.000000673. The number of aldehydes is 1. The number of nitrogens with two attached hydrogens (primary N) is 1.